The lowest BCUT2D eigenvalue weighted by atomic mass is 9.73. The third-order valence-corrected chi connectivity index (χ3v) is 9.82. The lowest BCUT2D eigenvalue weighted by Gasteiger charge is -2.32. The Hall–Kier alpha value is -2.91. The van der Waals surface area contributed by atoms with Gasteiger partial charge in [0.05, 0.1) is 5.56 Å². The van der Waals surface area contributed by atoms with E-state index in [1.165, 1.54) is 56.2 Å². The summed E-state index contributed by atoms with van der Waals surface area (Å²) >= 11 is 0. The topological polar surface area (TPSA) is 105 Å². The maximum Gasteiger partial charge on any atom is 0.131 e. The van der Waals surface area contributed by atoms with Gasteiger partial charge in [-0.2, -0.15) is 5.26 Å². The van der Waals surface area contributed by atoms with Gasteiger partial charge in [0.2, 0.25) is 0 Å². The minimum absolute atomic E-state index is 0.217. The number of nitriles is 1. The van der Waals surface area contributed by atoms with E-state index in [2.05, 4.69) is 37.5 Å². The Labute approximate surface area is 234 Å². The van der Waals surface area contributed by atoms with Crippen molar-refractivity contribution in [2.45, 2.75) is 115 Å². The summed E-state index contributed by atoms with van der Waals surface area (Å²) < 4.78 is 0. The summed E-state index contributed by atoms with van der Waals surface area (Å²) in [4.78, 5) is 12.5. The molecule has 0 spiro atoms. The van der Waals surface area contributed by atoms with Gasteiger partial charge in [-0.1, -0.05) is 57.7 Å². The van der Waals surface area contributed by atoms with Crippen LogP contribution in [0.4, 0.5) is 11.5 Å². The van der Waals surface area contributed by atoms with Crippen molar-refractivity contribution in [1.82, 2.24) is 14.9 Å². The van der Waals surface area contributed by atoms with Crippen molar-refractivity contribution in [3.63, 3.8) is 0 Å². The second kappa shape index (κ2) is 11.7. The molecule has 0 amide bonds. The van der Waals surface area contributed by atoms with Crippen LogP contribution < -0.4 is 11.5 Å². The smallest absolute Gasteiger partial charge is 0.131 e. The molecule has 2 saturated heterocycles. The molecule has 2 aromatic rings. The van der Waals surface area contributed by atoms with Crippen LogP contribution >= 0.6 is 0 Å². The first-order valence-corrected chi connectivity index (χ1v) is 15.2. The molecule has 6 nitrogen and oxygen atoms in total. The molecule has 4 N–H and O–H groups in total. The Bertz CT molecular complexity index is 1250. The number of aromatic nitrogens is 2. The summed E-state index contributed by atoms with van der Waals surface area (Å²) in [6, 6.07) is 6.40. The van der Waals surface area contributed by atoms with Gasteiger partial charge in [0.25, 0.3) is 0 Å². The van der Waals surface area contributed by atoms with E-state index in [4.69, 9.17) is 21.4 Å². The highest BCUT2D eigenvalue weighted by molar-refractivity contribution is 5.62. The fraction of sp³-hybridized carbons (Fsp3) is 0.606. The minimum Gasteiger partial charge on any atom is -0.398 e. The van der Waals surface area contributed by atoms with Crippen LogP contribution in [-0.2, 0) is 19.3 Å². The summed E-state index contributed by atoms with van der Waals surface area (Å²) in [6.07, 6.45) is 15.2. The normalized spacial score (nSPS) is 25.7. The van der Waals surface area contributed by atoms with Gasteiger partial charge in [0.1, 0.15) is 17.7 Å². The zero-order valence-corrected chi connectivity index (χ0v) is 24.1. The predicted octanol–water partition coefficient (Wildman–Crippen LogP) is 6.59. The van der Waals surface area contributed by atoms with E-state index in [0.29, 0.717) is 23.0 Å². The van der Waals surface area contributed by atoms with Gasteiger partial charge < -0.3 is 11.5 Å². The molecule has 2 aliphatic carbocycles. The Morgan fingerprint density at radius 2 is 1.90 bits per heavy atom. The molecule has 0 bridgehead atoms. The van der Waals surface area contributed by atoms with Gasteiger partial charge in [-0.15, -0.1) is 0 Å². The van der Waals surface area contributed by atoms with Crippen molar-refractivity contribution >= 4 is 11.5 Å². The van der Waals surface area contributed by atoms with E-state index >= 15 is 0 Å². The lowest BCUT2D eigenvalue weighted by molar-refractivity contribution is 0.181. The molecule has 6 rings (SSSR count). The number of hydrogen-bond donors (Lipinski definition) is 2. The Balaban J connectivity index is 0.000000707. The first-order valence-electron chi connectivity index (χ1n) is 15.2. The molecule has 1 aromatic carbocycles. The summed E-state index contributed by atoms with van der Waals surface area (Å²) in [6.45, 7) is 10.8. The van der Waals surface area contributed by atoms with E-state index in [-0.39, 0.29) is 11.5 Å². The number of benzene rings is 1. The zero-order valence-electron chi connectivity index (χ0n) is 24.1. The van der Waals surface area contributed by atoms with Gasteiger partial charge in [-0.3, -0.25) is 4.90 Å². The molecule has 3 atom stereocenters. The van der Waals surface area contributed by atoms with E-state index in [1.54, 1.807) is 0 Å². The van der Waals surface area contributed by atoms with Crippen LogP contribution in [0, 0.1) is 11.3 Å². The molecule has 39 heavy (non-hydrogen) atoms. The number of fused-ring (bicyclic) bond motifs is 2. The lowest BCUT2D eigenvalue weighted by Crippen LogP contribution is -2.38. The first kappa shape index (κ1) is 27.6. The van der Waals surface area contributed by atoms with Crippen LogP contribution in [0.3, 0.4) is 0 Å². The third-order valence-electron chi connectivity index (χ3n) is 9.82. The third kappa shape index (κ3) is 5.57. The number of nitrogens with zero attached hydrogens (tertiary/aromatic N) is 4. The van der Waals surface area contributed by atoms with E-state index < -0.39 is 0 Å². The molecule has 4 aliphatic rings. The first-order chi connectivity index (χ1) is 18.8. The second-order valence-electron chi connectivity index (χ2n) is 12.4. The number of anilines is 2. The van der Waals surface area contributed by atoms with Crippen LogP contribution in [0.2, 0.25) is 0 Å². The van der Waals surface area contributed by atoms with Crippen molar-refractivity contribution in [2.75, 3.05) is 24.6 Å². The highest BCUT2D eigenvalue weighted by Crippen LogP contribution is 2.45. The molecule has 3 heterocycles. The average molecular weight is 527 g/mol. The van der Waals surface area contributed by atoms with Crippen LogP contribution in [0.1, 0.15) is 124 Å². The maximum atomic E-state index is 9.91. The Morgan fingerprint density at radius 1 is 1.13 bits per heavy atom. The fourth-order valence-corrected chi connectivity index (χ4v) is 7.30. The summed E-state index contributed by atoms with van der Waals surface area (Å²) in [5.41, 5.74) is 20.0. The SMILES string of the molecule is C1CCC1.C=C1CN2CCC[C@@]2(CCc2nc(N)c(CC)c(CC3CC[C@H](C)c4ccc(N)c(C#N)c43)n2)C1. The molecule has 1 aromatic heterocycles. The van der Waals surface area contributed by atoms with Gasteiger partial charge in [0.15, 0.2) is 0 Å². The van der Waals surface area contributed by atoms with Gasteiger partial charge >= 0.3 is 0 Å². The minimum atomic E-state index is 0.217. The van der Waals surface area contributed by atoms with Crippen molar-refractivity contribution in [2.24, 2.45) is 0 Å². The summed E-state index contributed by atoms with van der Waals surface area (Å²) in [5.74, 6) is 2.11. The Morgan fingerprint density at radius 3 is 2.59 bits per heavy atom. The quantitative estimate of drug-likeness (QED) is 0.325. The van der Waals surface area contributed by atoms with Crippen molar-refractivity contribution in [3.05, 3.63) is 58.1 Å². The summed E-state index contributed by atoms with van der Waals surface area (Å²) in [5, 5.41) is 9.91. The van der Waals surface area contributed by atoms with Crippen LogP contribution in [0.15, 0.2) is 24.3 Å². The fourth-order valence-electron chi connectivity index (χ4n) is 7.30. The second-order valence-corrected chi connectivity index (χ2v) is 12.4. The van der Waals surface area contributed by atoms with E-state index in [9.17, 15) is 5.26 Å². The monoisotopic (exact) mass is 526 g/mol. The maximum absolute atomic E-state index is 9.91. The standard InChI is InChI=1S/C29H38N6.C4H8/c1-4-21-25(14-20-7-6-19(3)22-8-9-24(31)23(16-30)27(20)22)33-26(34-28(21)32)10-12-29-11-5-13-35(29)17-18(2)15-29;1-2-4-3-1/h8-9,19-20H,2,4-7,10-15,17,31H2,1,3H3,(H2,32,33,34);1-4H2/t19-,20?,29+;/m0./s1. The van der Waals surface area contributed by atoms with Crippen LogP contribution in [-0.4, -0.2) is 33.5 Å². The van der Waals surface area contributed by atoms with Crippen LogP contribution in [0.5, 0.6) is 0 Å². The van der Waals surface area contributed by atoms with Crippen molar-refractivity contribution in [3.8, 4) is 6.07 Å². The summed E-state index contributed by atoms with van der Waals surface area (Å²) in [7, 11) is 0. The van der Waals surface area contributed by atoms with Crippen LogP contribution in [0.25, 0.3) is 0 Å². The number of aryl methyl sites for hydroxylation is 1. The van der Waals surface area contributed by atoms with E-state index in [0.717, 1.165) is 74.1 Å². The molecule has 6 heteroatoms. The van der Waals surface area contributed by atoms with Crippen molar-refractivity contribution in [1.29, 1.82) is 5.26 Å². The van der Waals surface area contributed by atoms with Gasteiger partial charge in [-0.05, 0) is 86.9 Å². The highest BCUT2D eigenvalue weighted by Gasteiger charge is 2.45. The predicted molar refractivity (Wildman–Crippen MR) is 160 cm³/mol. The highest BCUT2D eigenvalue weighted by atomic mass is 15.2. The zero-order chi connectivity index (χ0) is 27.6. The van der Waals surface area contributed by atoms with Gasteiger partial charge in [0, 0.05) is 35.4 Å². The van der Waals surface area contributed by atoms with Crippen molar-refractivity contribution < 1.29 is 0 Å². The molecule has 208 valence electrons. The number of rotatable bonds is 6. The number of nitrogen functional groups attached to an aromatic ring is 2. The average Bonchev–Trinajstić information content (AvgIpc) is 3.39. The molecular formula is C33H46N6. The molecule has 1 unspecified atom stereocenters. The molecular weight excluding hydrogens is 480 g/mol. The molecule has 2 aliphatic heterocycles. The number of nitrogens with two attached hydrogens (primary N) is 2. The van der Waals surface area contributed by atoms with Gasteiger partial charge in [-0.25, -0.2) is 9.97 Å². The molecule has 1 saturated carbocycles. The Kier molecular flexibility index (Phi) is 8.28. The van der Waals surface area contributed by atoms with E-state index in [1.807, 2.05) is 6.07 Å². The molecule has 0 radical (unpaired) electrons. The largest absolute Gasteiger partial charge is 0.398 e. The molecule has 3 fully saturated rings. The number of hydrogen-bond acceptors (Lipinski definition) is 6.